The number of fused-ring (bicyclic) bond motifs is 1. The van der Waals surface area contributed by atoms with E-state index in [1.165, 1.54) is 6.20 Å². The second-order valence-corrected chi connectivity index (χ2v) is 6.62. The molecule has 0 aliphatic heterocycles. The number of halogens is 1. The second-order valence-electron chi connectivity index (χ2n) is 6.19. The summed E-state index contributed by atoms with van der Waals surface area (Å²) < 4.78 is 1.14. The lowest BCUT2D eigenvalue weighted by atomic mass is 10.0. The van der Waals surface area contributed by atoms with Crippen molar-refractivity contribution < 1.29 is 4.92 Å². The number of nitro groups is 1. The molecule has 1 atom stereocenters. The van der Waals surface area contributed by atoms with Crippen LogP contribution in [-0.4, -0.2) is 19.3 Å². The Morgan fingerprint density at radius 3 is 2.66 bits per heavy atom. The van der Waals surface area contributed by atoms with Crippen LogP contribution in [-0.2, 0) is 0 Å². The summed E-state index contributed by atoms with van der Waals surface area (Å²) in [4.78, 5) is 32.3. The molecule has 0 saturated carbocycles. The van der Waals surface area contributed by atoms with Gasteiger partial charge in [0.2, 0.25) is 5.82 Å². The van der Waals surface area contributed by atoms with Crippen LogP contribution in [0, 0.1) is 10.1 Å². The molecule has 8 nitrogen and oxygen atoms in total. The SMILES string of the molecule is O=c1c([N+](=O)[O-])c(NC(c2cccc(Cl)c2)c2ccccn2)nc2ccccn12. The number of rotatable bonds is 5. The monoisotopic (exact) mass is 407 g/mol. The normalized spacial score (nSPS) is 11.9. The highest BCUT2D eigenvalue weighted by Gasteiger charge is 2.27. The number of anilines is 1. The highest BCUT2D eigenvalue weighted by atomic mass is 35.5. The molecule has 4 aromatic rings. The van der Waals surface area contributed by atoms with Gasteiger partial charge in [-0.3, -0.25) is 24.3 Å². The topological polar surface area (TPSA) is 102 Å². The van der Waals surface area contributed by atoms with E-state index in [1.54, 1.807) is 60.8 Å². The van der Waals surface area contributed by atoms with Gasteiger partial charge < -0.3 is 5.32 Å². The first kappa shape index (κ1) is 18.6. The molecule has 0 aliphatic carbocycles. The van der Waals surface area contributed by atoms with Crippen molar-refractivity contribution in [1.82, 2.24) is 14.4 Å². The summed E-state index contributed by atoms with van der Waals surface area (Å²) in [6.45, 7) is 0. The largest absolute Gasteiger partial charge is 0.376 e. The first-order chi connectivity index (χ1) is 14.0. The Hall–Kier alpha value is -3.78. The molecule has 0 spiro atoms. The standard InChI is InChI=1S/C20H14ClN5O3/c21-14-7-5-6-13(12-14)17(15-8-1-3-10-22-15)24-19-18(26(28)29)20(27)25-11-4-2-9-16(25)23-19/h1-12,17,24H. The molecule has 3 heterocycles. The van der Waals surface area contributed by atoms with Crippen molar-refractivity contribution >= 4 is 28.8 Å². The summed E-state index contributed by atoms with van der Waals surface area (Å²) in [7, 11) is 0. The predicted molar refractivity (Wildman–Crippen MR) is 109 cm³/mol. The third-order valence-electron chi connectivity index (χ3n) is 4.34. The van der Waals surface area contributed by atoms with Crippen molar-refractivity contribution in [2.45, 2.75) is 6.04 Å². The van der Waals surface area contributed by atoms with Crippen LogP contribution in [0.5, 0.6) is 0 Å². The van der Waals surface area contributed by atoms with E-state index in [1.807, 2.05) is 6.07 Å². The molecule has 1 unspecified atom stereocenters. The molecule has 0 fully saturated rings. The molecule has 0 bridgehead atoms. The Kier molecular flexibility index (Phi) is 4.92. The molecule has 0 aliphatic rings. The quantitative estimate of drug-likeness (QED) is 0.398. The molecule has 1 N–H and O–H groups in total. The zero-order chi connectivity index (χ0) is 20.4. The summed E-state index contributed by atoms with van der Waals surface area (Å²) in [5.41, 5.74) is 0.196. The van der Waals surface area contributed by atoms with Crippen LogP contribution in [0.3, 0.4) is 0 Å². The van der Waals surface area contributed by atoms with Crippen molar-refractivity contribution in [3.63, 3.8) is 0 Å². The molecule has 0 saturated heterocycles. The first-order valence-corrected chi connectivity index (χ1v) is 9.01. The van der Waals surface area contributed by atoms with Gasteiger partial charge in [-0.15, -0.1) is 0 Å². The highest BCUT2D eigenvalue weighted by molar-refractivity contribution is 6.30. The number of nitrogens with zero attached hydrogens (tertiary/aromatic N) is 4. The molecule has 4 rings (SSSR count). The molecule has 29 heavy (non-hydrogen) atoms. The first-order valence-electron chi connectivity index (χ1n) is 8.63. The van der Waals surface area contributed by atoms with Gasteiger partial charge in [0.25, 0.3) is 0 Å². The summed E-state index contributed by atoms with van der Waals surface area (Å²) >= 11 is 6.14. The van der Waals surface area contributed by atoms with E-state index in [4.69, 9.17) is 11.6 Å². The summed E-state index contributed by atoms with van der Waals surface area (Å²) in [5.74, 6) is -0.137. The number of hydrogen-bond acceptors (Lipinski definition) is 6. The molecular formula is C20H14ClN5O3. The van der Waals surface area contributed by atoms with Crippen LogP contribution in [0.2, 0.25) is 5.02 Å². The van der Waals surface area contributed by atoms with Gasteiger partial charge in [0, 0.05) is 17.4 Å². The maximum atomic E-state index is 12.7. The molecule has 1 aromatic carbocycles. The molecule has 0 amide bonds. The minimum Gasteiger partial charge on any atom is -0.352 e. The van der Waals surface area contributed by atoms with Crippen LogP contribution < -0.4 is 10.9 Å². The van der Waals surface area contributed by atoms with E-state index in [0.29, 0.717) is 10.7 Å². The molecule has 144 valence electrons. The lowest BCUT2D eigenvalue weighted by Crippen LogP contribution is -2.23. The van der Waals surface area contributed by atoms with E-state index in [9.17, 15) is 14.9 Å². The smallest absolute Gasteiger partial charge is 0.352 e. The van der Waals surface area contributed by atoms with Crippen LogP contribution in [0.15, 0.2) is 77.9 Å². The molecule has 9 heteroatoms. The van der Waals surface area contributed by atoms with Gasteiger partial charge in [-0.2, -0.15) is 0 Å². The van der Waals surface area contributed by atoms with Gasteiger partial charge in [-0.05, 0) is 42.0 Å². The average molecular weight is 408 g/mol. The zero-order valence-electron chi connectivity index (χ0n) is 14.9. The fourth-order valence-corrected chi connectivity index (χ4v) is 3.24. The minimum absolute atomic E-state index is 0.137. The fourth-order valence-electron chi connectivity index (χ4n) is 3.04. The van der Waals surface area contributed by atoms with Crippen molar-refractivity contribution in [1.29, 1.82) is 0 Å². The Morgan fingerprint density at radius 2 is 1.93 bits per heavy atom. The number of hydrogen-bond donors (Lipinski definition) is 1. The van der Waals surface area contributed by atoms with E-state index >= 15 is 0 Å². The maximum Gasteiger partial charge on any atom is 0.376 e. The molecule has 0 radical (unpaired) electrons. The fraction of sp³-hybridized carbons (Fsp3) is 0.0500. The number of benzene rings is 1. The van der Waals surface area contributed by atoms with Crippen molar-refractivity contribution in [3.8, 4) is 0 Å². The van der Waals surface area contributed by atoms with Gasteiger partial charge in [-0.25, -0.2) is 4.98 Å². The summed E-state index contributed by atoms with van der Waals surface area (Å²) in [6.07, 6.45) is 3.06. The summed E-state index contributed by atoms with van der Waals surface area (Å²) in [5, 5.41) is 15.2. The van der Waals surface area contributed by atoms with Crippen molar-refractivity contribution in [2.75, 3.05) is 5.32 Å². The summed E-state index contributed by atoms with van der Waals surface area (Å²) in [6, 6.07) is 16.7. The Morgan fingerprint density at radius 1 is 1.10 bits per heavy atom. The van der Waals surface area contributed by atoms with Gasteiger partial charge in [-0.1, -0.05) is 35.9 Å². The van der Waals surface area contributed by atoms with Gasteiger partial charge >= 0.3 is 11.2 Å². The number of pyridine rings is 2. The third kappa shape index (κ3) is 3.65. The van der Waals surface area contributed by atoms with Crippen molar-refractivity contribution in [3.05, 3.63) is 110 Å². The van der Waals surface area contributed by atoms with E-state index in [2.05, 4.69) is 15.3 Å². The van der Waals surface area contributed by atoms with Crippen LogP contribution >= 0.6 is 11.6 Å². The number of nitrogens with one attached hydrogen (secondary N) is 1. The maximum absolute atomic E-state index is 12.7. The van der Waals surface area contributed by atoms with E-state index < -0.39 is 22.2 Å². The van der Waals surface area contributed by atoms with Gasteiger partial charge in [0.15, 0.2) is 0 Å². The van der Waals surface area contributed by atoms with Gasteiger partial charge in [0.1, 0.15) is 5.65 Å². The average Bonchev–Trinajstić information content (AvgIpc) is 2.72. The minimum atomic E-state index is -0.769. The Labute approximate surface area is 169 Å². The van der Waals surface area contributed by atoms with Gasteiger partial charge in [0.05, 0.1) is 16.7 Å². The second kappa shape index (κ2) is 7.69. The third-order valence-corrected chi connectivity index (χ3v) is 4.57. The number of aromatic nitrogens is 3. The van der Waals surface area contributed by atoms with Crippen LogP contribution in [0.1, 0.15) is 17.3 Å². The van der Waals surface area contributed by atoms with E-state index in [0.717, 1.165) is 9.96 Å². The Balaban J connectivity index is 1.90. The lowest BCUT2D eigenvalue weighted by Gasteiger charge is -2.19. The van der Waals surface area contributed by atoms with Crippen molar-refractivity contribution in [2.24, 2.45) is 0 Å². The Bertz CT molecular complexity index is 1260. The zero-order valence-corrected chi connectivity index (χ0v) is 15.7. The molecule has 3 aromatic heterocycles. The highest BCUT2D eigenvalue weighted by Crippen LogP contribution is 2.29. The van der Waals surface area contributed by atoms with Crippen LogP contribution in [0.25, 0.3) is 5.65 Å². The van der Waals surface area contributed by atoms with Crippen LogP contribution in [0.4, 0.5) is 11.5 Å². The predicted octanol–water partition coefficient (Wildman–Crippen LogP) is 3.85. The van der Waals surface area contributed by atoms with E-state index in [-0.39, 0.29) is 11.5 Å². The molecular weight excluding hydrogens is 394 g/mol. The lowest BCUT2D eigenvalue weighted by molar-refractivity contribution is -0.385.